The first-order valence-electron chi connectivity index (χ1n) is 12.7. The number of rotatable bonds is 6. The van der Waals surface area contributed by atoms with Crippen LogP contribution in [-0.4, -0.2) is 42.0 Å². The van der Waals surface area contributed by atoms with Gasteiger partial charge in [0.15, 0.2) is 5.13 Å². The highest BCUT2D eigenvalue weighted by Crippen LogP contribution is 2.38. The molecule has 218 valence electrons. The standard InChI is InChI=1S/C29H23ClF4N4O3S/c1-41-27(40)20-14-38(11-10-18(20)16-6-3-2-4-7-16)25-22(30)12-17(13-35-25)26(39)37-28-36-23(15-42-28)19-8-5-9-21(24(19)31)29(32,33)34/h2-9,12-13,15,18,20H,10-11,14H2,1H3,(H,36,37,39)/t18-,20?/m1/s1. The summed E-state index contributed by atoms with van der Waals surface area (Å²) in [5.74, 6) is -2.48. The summed E-state index contributed by atoms with van der Waals surface area (Å²) in [6.45, 7) is 0.887. The van der Waals surface area contributed by atoms with Gasteiger partial charge in [0.1, 0.15) is 11.6 Å². The largest absolute Gasteiger partial charge is 0.469 e. The number of hydrogen-bond donors (Lipinski definition) is 1. The Morgan fingerprint density at radius 1 is 1.14 bits per heavy atom. The lowest BCUT2D eigenvalue weighted by Crippen LogP contribution is -2.44. The molecule has 2 aromatic carbocycles. The van der Waals surface area contributed by atoms with E-state index in [2.05, 4.69) is 15.3 Å². The van der Waals surface area contributed by atoms with Gasteiger partial charge >= 0.3 is 12.1 Å². The maximum absolute atomic E-state index is 14.5. The van der Waals surface area contributed by atoms with Crippen molar-refractivity contribution in [2.24, 2.45) is 5.92 Å². The molecule has 0 aliphatic carbocycles. The van der Waals surface area contributed by atoms with Crippen molar-refractivity contribution in [3.8, 4) is 11.3 Å². The predicted molar refractivity (Wildman–Crippen MR) is 151 cm³/mol. The minimum Gasteiger partial charge on any atom is -0.469 e. The Balaban J connectivity index is 1.30. The molecule has 1 fully saturated rings. The Labute approximate surface area is 247 Å². The number of amides is 1. The number of benzene rings is 2. The molecular formula is C29H23ClF4N4O3S. The third-order valence-corrected chi connectivity index (χ3v) is 8.07. The number of nitrogens with zero attached hydrogens (tertiary/aromatic N) is 3. The molecular weight excluding hydrogens is 596 g/mol. The zero-order valence-corrected chi connectivity index (χ0v) is 23.6. The van der Waals surface area contributed by atoms with E-state index in [4.69, 9.17) is 16.3 Å². The number of methoxy groups -OCH3 is 1. The highest BCUT2D eigenvalue weighted by atomic mass is 35.5. The average Bonchev–Trinajstić information content (AvgIpc) is 3.44. The van der Waals surface area contributed by atoms with Gasteiger partial charge in [0.25, 0.3) is 5.91 Å². The maximum atomic E-state index is 14.5. The number of nitrogens with one attached hydrogen (secondary N) is 1. The van der Waals surface area contributed by atoms with Crippen LogP contribution < -0.4 is 10.2 Å². The summed E-state index contributed by atoms with van der Waals surface area (Å²) < 4.78 is 58.9. The quantitative estimate of drug-likeness (QED) is 0.184. The Hall–Kier alpha value is -4.03. The highest BCUT2D eigenvalue weighted by Gasteiger charge is 2.37. The number of pyridine rings is 1. The lowest BCUT2D eigenvalue weighted by atomic mass is 9.80. The normalized spacial score (nSPS) is 17.1. The SMILES string of the molecule is COC(=O)C1CN(c2ncc(C(=O)Nc3nc(-c4cccc(C(F)(F)F)c4F)cs3)cc2Cl)CC[C@@H]1c1ccccc1. The third kappa shape index (κ3) is 6.09. The van der Waals surface area contributed by atoms with Crippen LogP contribution in [0.1, 0.15) is 33.8 Å². The van der Waals surface area contributed by atoms with Crippen molar-refractivity contribution in [2.45, 2.75) is 18.5 Å². The van der Waals surface area contributed by atoms with Gasteiger partial charge in [-0.1, -0.05) is 48.0 Å². The van der Waals surface area contributed by atoms with Crippen LogP contribution in [0.3, 0.4) is 0 Å². The number of esters is 1. The van der Waals surface area contributed by atoms with Crippen LogP contribution >= 0.6 is 22.9 Å². The van der Waals surface area contributed by atoms with Gasteiger partial charge < -0.3 is 9.64 Å². The van der Waals surface area contributed by atoms with E-state index in [1.807, 2.05) is 35.2 Å². The van der Waals surface area contributed by atoms with E-state index in [9.17, 15) is 27.2 Å². The van der Waals surface area contributed by atoms with Gasteiger partial charge in [-0.25, -0.2) is 14.4 Å². The van der Waals surface area contributed by atoms with Crippen LogP contribution in [0.4, 0.5) is 28.5 Å². The van der Waals surface area contributed by atoms with Crippen molar-refractivity contribution in [2.75, 3.05) is 30.4 Å². The number of halogens is 5. The van der Waals surface area contributed by atoms with Crippen LogP contribution in [0, 0.1) is 11.7 Å². The first kappa shape index (κ1) is 29.5. The van der Waals surface area contributed by atoms with Crippen LogP contribution in [0.5, 0.6) is 0 Å². The molecule has 0 radical (unpaired) electrons. The monoisotopic (exact) mass is 618 g/mol. The Kier molecular flexibility index (Phi) is 8.46. The van der Waals surface area contributed by atoms with E-state index in [1.165, 1.54) is 30.8 Å². The molecule has 1 saturated heterocycles. The molecule has 1 aliphatic rings. The molecule has 5 rings (SSSR count). The van der Waals surface area contributed by atoms with Gasteiger partial charge in [0.05, 0.1) is 34.9 Å². The van der Waals surface area contributed by atoms with Crippen LogP contribution in [-0.2, 0) is 15.7 Å². The molecule has 1 aliphatic heterocycles. The van der Waals surface area contributed by atoms with Gasteiger partial charge in [-0.2, -0.15) is 13.2 Å². The molecule has 4 aromatic rings. The lowest BCUT2D eigenvalue weighted by Gasteiger charge is -2.38. The summed E-state index contributed by atoms with van der Waals surface area (Å²) in [7, 11) is 1.35. The Morgan fingerprint density at radius 2 is 1.90 bits per heavy atom. The predicted octanol–water partition coefficient (Wildman–Crippen LogP) is 7.05. The number of ether oxygens (including phenoxy) is 1. The topological polar surface area (TPSA) is 84.4 Å². The Morgan fingerprint density at radius 3 is 2.60 bits per heavy atom. The van der Waals surface area contributed by atoms with E-state index in [0.717, 1.165) is 23.0 Å². The first-order chi connectivity index (χ1) is 20.1. The fourth-order valence-corrected chi connectivity index (χ4v) is 5.99. The summed E-state index contributed by atoms with van der Waals surface area (Å²) in [6, 6.07) is 14.1. The van der Waals surface area contributed by atoms with Crippen molar-refractivity contribution in [3.05, 3.63) is 93.7 Å². The summed E-state index contributed by atoms with van der Waals surface area (Å²) in [4.78, 5) is 35.9. The van der Waals surface area contributed by atoms with Crippen molar-refractivity contribution in [3.63, 3.8) is 0 Å². The number of alkyl halides is 3. The van der Waals surface area contributed by atoms with E-state index >= 15 is 0 Å². The summed E-state index contributed by atoms with van der Waals surface area (Å²) in [5.41, 5.74) is -0.641. The summed E-state index contributed by atoms with van der Waals surface area (Å²) in [5, 5.41) is 4.13. The van der Waals surface area contributed by atoms with Gasteiger partial charge in [-0.15, -0.1) is 11.3 Å². The van der Waals surface area contributed by atoms with Crippen molar-refractivity contribution in [1.82, 2.24) is 9.97 Å². The second-order valence-electron chi connectivity index (χ2n) is 9.57. The molecule has 7 nitrogen and oxygen atoms in total. The molecule has 3 heterocycles. The second-order valence-corrected chi connectivity index (χ2v) is 10.8. The fraction of sp³-hybridized carbons (Fsp3) is 0.241. The number of hydrogen-bond acceptors (Lipinski definition) is 7. The Bertz CT molecular complexity index is 1620. The minimum atomic E-state index is -4.86. The number of anilines is 2. The number of carbonyl (C=O) groups excluding carboxylic acids is 2. The zero-order chi connectivity index (χ0) is 30.0. The number of piperidine rings is 1. The lowest BCUT2D eigenvalue weighted by molar-refractivity contribution is -0.146. The van der Waals surface area contributed by atoms with E-state index < -0.39 is 29.4 Å². The molecule has 2 aromatic heterocycles. The maximum Gasteiger partial charge on any atom is 0.419 e. The minimum absolute atomic E-state index is 0.0358. The molecule has 0 bridgehead atoms. The molecule has 42 heavy (non-hydrogen) atoms. The number of carbonyl (C=O) groups is 2. The molecule has 1 N–H and O–H groups in total. The molecule has 1 amide bonds. The van der Waals surface area contributed by atoms with E-state index in [-0.39, 0.29) is 38.9 Å². The van der Waals surface area contributed by atoms with Crippen LogP contribution in [0.15, 0.2) is 66.2 Å². The number of aromatic nitrogens is 2. The van der Waals surface area contributed by atoms with E-state index in [1.54, 1.807) is 0 Å². The molecule has 1 unspecified atom stereocenters. The van der Waals surface area contributed by atoms with Gasteiger partial charge in [-0.3, -0.25) is 14.9 Å². The second kappa shape index (κ2) is 12.1. The third-order valence-electron chi connectivity index (χ3n) is 7.03. The summed E-state index contributed by atoms with van der Waals surface area (Å²) in [6.07, 6.45) is -2.87. The van der Waals surface area contributed by atoms with Crippen LogP contribution in [0.25, 0.3) is 11.3 Å². The van der Waals surface area contributed by atoms with Crippen molar-refractivity contribution in [1.29, 1.82) is 0 Å². The smallest absolute Gasteiger partial charge is 0.419 e. The van der Waals surface area contributed by atoms with Gasteiger partial charge in [-0.05, 0) is 30.2 Å². The zero-order valence-electron chi connectivity index (χ0n) is 22.0. The average molecular weight is 619 g/mol. The van der Waals surface area contributed by atoms with Gasteiger partial charge in [0.2, 0.25) is 0 Å². The van der Waals surface area contributed by atoms with Crippen molar-refractivity contribution >= 4 is 45.8 Å². The summed E-state index contributed by atoms with van der Waals surface area (Å²) >= 11 is 7.46. The number of thiazole rings is 1. The highest BCUT2D eigenvalue weighted by molar-refractivity contribution is 7.14. The fourth-order valence-electron chi connectivity index (χ4n) is 4.99. The van der Waals surface area contributed by atoms with Crippen molar-refractivity contribution < 1.29 is 31.9 Å². The van der Waals surface area contributed by atoms with Gasteiger partial charge in [0, 0.05) is 36.1 Å². The first-order valence-corrected chi connectivity index (χ1v) is 14.0. The van der Waals surface area contributed by atoms with Crippen LogP contribution in [0.2, 0.25) is 5.02 Å². The molecule has 0 saturated carbocycles. The molecule has 2 atom stereocenters. The molecule has 0 spiro atoms. The van der Waals surface area contributed by atoms with E-state index in [0.29, 0.717) is 31.4 Å². The molecule has 13 heteroatoms.